The molecule has 0 aromatic heterocycles. The van der Waals surface area contributed by atoms with E-state index in [2.05, 4.69) is 24.1 Å². The number of hydrogen-bond acceptors (Lipinski definition) is 4. The van der Waals surface area contributed by atoms with Gasteiger partial charge in [0.05, 0.1) is 6.54 Å². The standard InChI is InChI=1S/C21H26N2O3/c1-3-23(4-2)20(16-10-6-5-7-11-16)21(24)22-14-17-15-25-18-12-8-9-13-19(18)26-17/h5-13,17,20H,3-4,14-15H2,1-2H3,(H,22,24). The summed E-state index contributed by atoms with van der Waals surface area (Å²) in [4.78, 5) is 15.1. The Morgan fingerprint density at radius 3 is 2.42 bits per heavy atom. The molecule has 0 spiro atoms. The van der Waals surface area contributed by atoms with Gasteiger partial charge in [0.15, 0.2) is 11.5 Å². The number of hydrogen-bond donors (Lipinski definition) is 1. The molecule has 1 amide bonds. The van der Waals surface area contributed by atoms with Crippen LogP contribution in [0, 0.1) is 0 Å². The Balaban J connectivity index is 1.65. The highest BCUT2D eigenvalue weighted by Crippen LogP contribution is 2.30. The van der Waals surface area contributed by atoms with Gasteiger partial charge in [-0.2, -0.15) is 0 Å². The molecule has 5 heteroatoms. The van der Waals surface area contributed by atoms with Crippen molar-refractivity contribution in [3.05, 3.63) is 60.2 Å². The van der Waals surface area contributed by atoms with E-state index in [9.17, 15) is 4.79 Å². The van der Waals surface area contributed by atoms with Crippen molar-refractivity contribution in [2.45, 2.75) is 26.0 Å². The Hall–Kier alpha value is -2.53. The number of fused-ring (bicyclic) bond motifs is 1. The first-order chi connectivity index (χ1) is 12.7. The summed E-state index contributed by atoms with van der Waals surface area (Å²) in [6, 6.07) is 17.2. The fourth-order valence-corrected chi connectivity index (χ4v) is 3.23. The normalized spacial score (nSPS) is 17.0. The lowest BCUT2D eigenvalue weighted by atomic mass is 10.0. The third-order valence-electron chi connectivity index (χ3n) is 4.61. The van der Waals surface area contributed by atoms with Gasteiger partial charge in [-0.3, -0.25) is 9.69 Å². The van der Waals surface area contributed by atoms with Crippen LogP contribution in [0.1, 0.15) is 25.5 Å². The van der Waals surface area contributed by atoms with Crippen LogP contribution < -0.4 is 14.8 Å². The van der Waals surface area contributed by atoms with Crippen LogP contribution in [0.3, 0.4) is 0 Å². The van der Waals surface area contributed by atoms with Gasteiger partial charge in [-0.1, -0.05) is 56.3 Å². The van der Waals surface area contributed by atoms with Gasteiger partial charge >= 0.3 is 0 Å². The van der Waals surface area contributed by atoms with Crippen molar-refractivity contribution >= 4 is 5.91 Å². The molecule has 0 saturated heterocycles. The summed E-state index contributed by atoms with van der Waals surface area (Å²) >= 11 is 0. The molecule has 1 aliphatic heterocycles. The van der Waals surface area contributed by atoms with E-state index in [0.29, 0.717) is 13.2 Å². The van der Waals surface area contributed by atoms with Crippen LogP contribution >= 0.6 is 0 Å². The van der Waals surface area contributed by atoms with E-state index >= 15 is 0 Å². The molecule has 0 aliphatic carbocycles. The zero-order valence-electron chi connectivity index (χ0n) is 15.4. The van der Waals surface area contributed by atoms with Crippen LogP contribution in [0.15, 0.2) is 54.6 Å². The topological polar surface area (TPSA) is 50.8 Å². The molecule has 2 aromatic carbocycles. The molecule has 2 unspecified atom stereocenters. The molecule has 2 aromatic rings. The maximum absolute atomic E-state index is 12.9. The molecule has 0 fully saturated rings. The highest BCUT2D eigenvalue weighted by Gasteiger charge is 2.27. The average Bonchev–Trinajstić information content (AvgIpc) is 2.70. The maximum Gasteiger partial charge on any atom is 0.242 e. The fourth-order valence-electron chi connectivity index (χ4n) is 3.23. The number of amides is 1. The molecule has 1 heterocycles. The van der Waals surface area contributed by atoms with Crippen LogP contribution in [-0.2, 0) is 4.79 Å². The average molecular weight is 354 g/mol. The molecule has 2 atom stereocenters. The molecule has 26 heavy (non-hydrogen) atoms. The molecular formula is C21H26N2O3. The molecule has 1 N–H and O–H groups in total. The van der Waals surface area contributed by atoms with Gasteiger partial charge in [-0.15, -0.1) is 0 Å². The van der Waals surface area contributed by atoms with Crippen LogP contribution in [0.25, 0.3) is 0 Å². The summed E-state index contributed by atoms with van der Waals surface area (Å²) in [5.74, 6) is 1.46. The van der Waals surface area contributed by atoms with Gasteiger partial charge in [0, 0.05) is 0 Å². The molecule has 3 rings (SSSR count). The zero-order valence-corrected chi connectivity index (χ0v) is 15.4. The summed E-state index contributed by atoms with van der Waals surface area (Å²) in [6.07, 6.45) is -0.193. The second-order valence-corrected chi connectivity index (χ2v) is 6.28. The van der Waals surface area contributed by atoms with Crippen LogP contribution in [0.5, 0.6) is 11.5 Å². The number of rotatable bonds is 7. The lowest BCUT2D eigenvalue weighted by molar-refractivity contribution is -0.127. The van der Waals surface area contributed by atoms with Crippen molar-refractivity contribution < 1.29 is 14.3 Å². The molecule has 0 radical (unpaired) electrons. The largest absolute Gasteiger partial charge is 0.486 e. The monoisotopic (exact) mass is 354 g/mol. The van der Waals surface area contributed by atoms with Crippen molar-refractivity contribution in [3.8, 4) is 11.5 Å². The maximum atomic E-state index is 12.9. The number of nitrogens with one attached hydrogen (secondary N) is 1. The van der Waals surface area contributed by atoms with Gasteiger partial charge in [-0.25, -0.2) is 0 Å². The van der Waals surface area contributed by atoms with Gasteiger partial charge in [0.1, 0.15) is 18.8 Å². The number of ether oxygens (including phenoxy) is 2. The SMILES string of the molecule is CCN(CC)C(C(=O)NCC1COc2ccccc2O1)c1ccccc1. The second kappa shape index (κ2) is 8.72. The predicted octanol–water partition coefficient (Wildman–Crippen LogP) is 3.03. The molecule has 138 valence electrons. The highest BCUT2D eigenvalue weighted by atomic mass is 16.6. The quantitative estimate of drug-likeness (QED) is 0.830. The summed E-state index contributed by atoms with van der Waals surface area (Å²) in [6.45, 7) is 6.60. The van der Waals surface area contributed by atoms with Crippen molar-refractivity contribution in [1.29, 1.82) is 0 Å². The Labute approximate surface area is 154 Å². The van der Waals surface area contributed by atoms with Crippen LogP contribution in [-0.4, -0.2) is 43.2 Å². The molecule has 0 saturated carbocycles. The van der Waals surface area contributed by atoms with E-state index in [0.717, 1.165) is 30.2 Å². The summed E-state index contributed by atoms with van der Waals surface area (Å²) in [5.41, 5.74) is 1.000. The number of carbonyl (C=O) groups is 1. The minimum Gasteiger partial charge on any atom is -0.486 e. The zero-order chi connectivity index (χ0) is 18.4. The van der Waals surface area contributed by atoms with E-state index in [1.165, 1.54) is 0 Å². The molecular weight excluding hydrogens is 328 g/mol. The van der Waals surface area contributed by atoms with Crippen LogP contribution in [0.4, 0.5) is 0 Å². The minimum atomic E-state index is -0.303. The number of benzene rings is 2. The van der Waals surface area contributed by atoms with E-state index in [1.807, 2.05) is 54.6 Å². The first-order valence-corrected chi connectivity index (χ1v) is 9.18. The van der Waals surface area contributed by atoms with Crippen molar-refractivity contribution in [1.82, 2.24) is 10.2 Å². The van der Waals surface area contributed by atoms with Gasteiger partial charge in [0.25, 0.3) is 0 Å². The van der Waals surface area contributed by atoms with E-state index < -0.39 is 0 Å². The van der Waals surface area contributed by atoms with Crippen LogP contribution in [0.2, 0.25) is 0 Å². The summed E-state index contributed by atoms with van der Waals surface area (Å²) < 4.78 is 11.6. The Morgan fingerprint density at radius 2 is 1.73 bits per heavy atom. The van der Waals surface area contributed by atoms with Gasteiger partial charge in [0.2, 0.25) is 5.91 Å². The lowest BCUT2D eigenvalue weighted by Gasteiger charge is -2.30. The number of carbonyl (C=O) groups excluding carboxylic acids is 1. The molecule has 1 aliphatic rings. The van der Waals surface area contributed by atoms with Crippen molar-refractivity contribution in [3.63, 3.8) is 0 Å². The Bertz CT molecular complexity index is 716. The summed E-state index contributed by atoms with van der Waals surface area (Å²) in [5, 5.41) is 3.05. The third-order valence-corrected chi connectivity index (χ3v) is 4.61. The van der Waals surface area contributed by atoms with Gasteiger partial charge < -0.3 is 14.8 Å². The predicted molar refractivity (Wildman–Crippen MR) is 101 cm³/mol. The Kier molecular flexibility index (Phi) is 6.12. The van der Waals surface area contributed by atoms with E-state index in [-0.39, 0.29) is 18.1 Å². The smallest absolute Gasteiger partial charge is 0.242 e. The minimum absolute atomic E-state index is 0.0117. The Morgan fingerprint density at radius 1 is 1.08 bits per heavy atom. The number of nitrogens with zero attached hydrogens (tertiary/aromatic N) is 1. The van der Waals surface area contributed by atoms with Crippen molar-refractivity contribution in [2.24, 2.45) is 0 Å². The molecule has 5 nitrogen and oxygen atoms in total. The van der Waals surface area contributed by atoms with Crippen molar-refractivity contribution in [2.75, 3.05) is 26.2 Å². The highest BCUT2D eigenvalue weighted by molar-refractivity contribution is 5.83. The number of para-hydroxylation sites is 2. The first kappa shape index (κ1) is 18.3. The molecule has 0 bridgehead atoms. The third kappa shape index (κ3) is 4.17. The lowest BCUT2D eigenvalue weighted by Crippen LogP contribution is -2.45. The first-order valence-electron chi connectivity index (χ1n) is 9.18. The van der Waals surface area contributed by atoms with E-state index in [1.54, 1.807) is 0 Å². The van der Waals surface area contributed by atoms with Gasteiger partial charge in [-0.05, 0) is 30.8 Å². The number of likely N-dealkylation sites (N-methyl/N-ethyl adjacent to an activating group) is 1. The summed E-state index contributed by atoms with van der Waals surface area (Å²) in [7, 11) is 0. The fraction of sp³-hybridized carbons (Fsp3) is 0.381. The second-order valence-electron chi connectivity index (χ2n) is 6.28. The van der Waals surface area contributed by atoms with E-state index in [4.69, 9.17) is 9.47 Å².